The molecule has 5 nitrogen and oxygen atoms in total. The summed E-state index contributed by atoms with van der Waals surface area (Å²) >= 11 is 5.97. The summed E-state index contributed by atoms with van der Waals surface area (Å²) in [6.45, 7) is 3.82. The zero-order valence-electron chi connectivity index (χ0n) is 20.7. The molecule has 1 atom stereocenters. The molecule has 0 spiro atoms. The van der Waals surface area contributed by atoms with Crippen LogP contribution in [0.25, 0.3) is 10.9 Å². The smallest absolute Gasteiger partial charge is 0.481 e. The number of aliphatic carboxylic acids is 1. The van der Waals surface area contributed by atoms with E-state index < -0.39 is 24.0 Å². The Kier molecular flexibility index (Phi) is 7.83. The summed E-state index contributed by atoms with van der Waals surface area (Å²) in [5.74, 6) is -2.07. The van der Waals surface area contributed by atoms with Crippen molar-refractivity contribution in [3.63, 3.8) is 0 Å². The first kappa shape index (κ1) is 27.3. The molecule has 1 aromatic heterocycles. The molecule has 0 aliphatic rings. The third-order valence-corrected chi connectivity index (χ3v) is 6.77. The van der Waals surface area contributed by atoms with E-state index in [0.29, 0.717) is 45.6 Å². The molecule has 1 N–H and O–H groups in total. The summed E-state index contributed by atoms with van der Waals surface area (Å²) in [6, 6.07) is 17.7. The molecule has 4 aromatic rings. The number of carboxylic acids is 1. The van der Waals surface area contributed by atoms with Crippen LogP contribution < -0.4 is 4.74 Å². The molecular formula is C29H25ClF3NO4. The van der Waals surface area contributed by atoms with Gasteiger partial charge in [0.25, 0.3) is 0 Å². The van der Waals surface area contributed by atoms with E-state index in [9.17, 15) is 27.9 Å². The Bertz CT molecular complexity index is 1490. The molecule has 4 rings (SSSR count). The third kappa shape index (κ3) is 6.02. The first-order valence-corrected chi connectivity index (χ1v) is 12.3. The Labute approximate surface area is 222 Å². The number of nitrogens with zero attached hydrogens (tertiary/aromatic N) is 1. The van der Waals surface area contributed by atoms with Crippen LogP contribution in [-0.4, -0.2) is 27.8 Å². The molecule has 0 radical (unpaired) electrons. The van der Waals surface area contributed by atoms with E-state index in [1.165, 1.54) is 18.2 Å². The van der Waals surface area contributed by atoms with Crippen molar-refractivity contribution in [2.75, 3.05) is 0 Å². The zero-order valence-corrected chi connectivity index (χ0v) is 21.4. The Hall–Kier alpha value is -3.78. The largest absolute Gasteiger partial charge is 0.573 e. The first-order chi connectivity index (χ1) is 18.0. The topological polar surface area (TPSA) is 68.5 Å². The van der Waals surface area contributed by atoms with Crippen LogP contribution in [0.2, 0.25) is 5.02 Å². The second-order valence-electron chi connectivity index (χ2n) is 9.08. The molecule has 0 saturated heterocycles. The first-order valence-electron chi connectivity index (χ1n) is 12.0. The second kappa shape index (κ2) is 10.9. The van der Waals surface area contributed by atoms with Crippen LogP contribution in [0.3, 0.4) is 0 Å². The quantitative estimate of drug-likeness (QED) is 0.223. The number of aromatic nitrogens is 1. The summed E-state index contributed by atoms with van der Waals surface area (Å²) in [7, 11) is 0. The van der Waals surface area contributed by atoms with Gasteiger partial charge in [0.1, 0.15) is 5.75 Å². The fraction of sp³-hybridized carbons (Fsp3) is 0.241. The van der Waals surface area contributed by atoms with Crippen molar-refractivity contribution in [2.45, 2.75) is 39.6 Å². The monoisotopic (exact) mass is 543 g/mol. The lowest BCUT2D eigenvalue weighted by Crippen LogP contribution is -2.17. The van der Waals surface area contributed by atoms with Crippen molar-refractivity contribution in [1.29, 1.82) is 0 Å². The van der Waals surface area contributed by atoms with Gasteiger partial charge in [-0.1, -0.05) is 42.8 Å². The highest BCUT2D eigenvalue weighted by atomic mass is 35.5. The van der Waals surface area contributed by atoms with Gasteiger partial charge in [-0.3, -0.25) is 9.59 Å². The number of ketones is 1. The molecule has 0 bridgehead atoms. The number of carbonyl (C=O) groups excluding carboxylic acids is 1. The van der Waals surface area contributed by atoms with Gasteiger partial charge in [0.05, 0.1) is 17.0 Å². The lowest BCUT2D eigenvalue weighted by molar-refractivity contribution is -0.274. The highest BCUT2D eigenvalue weighted by molar-refractivity contribution is 6.30. The van der Waals surface area contributed by atoms with E-state index in [1.807, 2.05) is 31.2 Å². The summed E-state index contributed by atoms with van der Waals surface area (Å²) in [6.07, 6.45) is -4.02. The number of hydrogen-bond donors (Lipinski definition) is 1. The SMILES string of the molecule is CCC(Cc1cccc(Cn2c(C)c(C(=O)c3ccc(Cl)cc3)c3ccc(OC(F)(F)F)cc32)c1)C(=O)O. The van der Waals surface area contributed by atoms with E-state index in [-0.39, 0.29) is 12.3 Å². The van der Waals surface area contributed by atoms with Gasteiger partial charge in [0, 0.05) is 34.3 Å². The van der Waals surface area contributed by atoms with Crippen molar-refractivity contribution in [2.24, 2.45) is 5.92 Å². The summed E-state index contributed by atoms with van der Waals surface area (Å²) in [4.78, 5) is 25.0. The average Bonchev–Trinajstić information content (AvgIpc) is 3.12. The van der Waals surface area contributed by atoms with Gasteiger partial charge in [-0.25, -0.2) is 0 Å². The normalized spacial score (nSPS) is 12.5. The lowest BCUT2D eigenvalue weighted by Gasteiger charge is -2.13. The fourth-order valence-electron chi connectivity index (χ4n) is 4.62. The molecule has 198 valence electrons. The number of ether oxygens (including phenoxy) is 1. The van der Waals surface area contributed by atoms with Crippen molar-refractivity contribution in [3.8, 4) is 5.75 Å². The maximum atomic E-state index is 13.5. The van der Waals surface area contributed by atoms with Gasteiger partial charge in [0.15, 0.2) is 5.78 Å². The highest BCUT2D eigenvalue weighted by Gasteiger charge is 2.32. The number of alkyl halides is 3. The summed E-state index contributed by atoms with van der Waals surface area (Å²) in [5, 5.41) is 10.4. The van der Waals surface area contributed by atoms with Gasteiger partial charge >= 0.3 is 12.3 Å². The minimum Gasteiger partial charge on any atom is -0.481 e. The van der Waals surface area contributed by atoms with Gasteiger partial charge in [-0.05, 0) is 67.3 Å². The van der Waals surface area contributed by atoms with Crippen LogP contribution in [0.4, 0.5) is 13.2 Å². The molecule has 3 aromatic carbocycles. The highest BCUT2D eigenvalue weighted by Crippen LogP contribution is 2.34. The van der Waals surface area contributed by atoms with Gasteiger partial charge in [0.2, 0.25) is 0 Å². The summed E-state index contributed by atoms with van der Waals surface area (Å²) < 4.78 is 44.8. The number of rotatable bonds is 9. The molecule has 38 heavy (non-hydrogen) atoms. The molecule has 0 aliphatic heterocycles. The number of benzene rings is 3. The van der Waals surface area contributed by atoms with Crippen molar-refractivity contribution in [3.05, 3.63) is 99.7 Å². The Morgan fingerprint density at radius 3 is 2.34 bits per heavy atom. The van der Waals surface area contributed by atoms with Gasteiger partial charge < -0.3 is 14.4 Å². The minimum absolute atomic E-state index is 0.253. The standard InChI is InChI=1S/C29H25ClF3NO4/c1-3-20(28(36)37)14-18-5-4-6-19(13-18)16-34-17(2)26(27(35)21-7-9-22(30)10-8-21)24-12-11-23(15-25(24)34)38-29(31,32)33/h4-13,15,20H,3,14,16H2,1-2H3,(H,36,37). The average molecular weight is 544 g/mol. The molecule has 1 unspecified atom stereocenters. The predicted molar refractivity (Wildman–Crippen MR) is 139 cm³/mol. The molecule has 0 amide bonds. The molecule has 1 heterocycles. The van der Waals surface area contributed by atoms with Crippen molar-refractivity contribution < 1.29 is 32.6 Å². The molecule has 9 heteroatoms. The number of halogens is 4. The number of hydrogen-bond acceptors (Lipinski definition) is 3. The van der Waals surface area contributed by atoms with Crippen LogP contribution in [0.5, 0.6) is 5.75 Å². The van der Waals surface area contributed by atoms with Crippen molar-refractivity contribution >= 4 is 34.3 Å². The van der Waals surface area contributed by atoms with E-state index in [2.05, 4.69) is 4.74 Å². The van der Waals surface area contributed by atoms with Crippen molar-refractivity contribution in [1.82, 2.24) is 4.57 Å². The van der Waals surface area contributed by atoms with Crippen LogP contribution in [-0.2, 0) is 17.8 Å². The van der Waals surface area contributed by atoms with Gasteiger partial charge in [-0.2, -0.15) is 0 Å². The zero-order chi connectivity index (χ0) is 27.6. The number of carbonyl (C=O) groups is 2. The molecule has 0 aliphatic carbocycles. The second-order valence-corrected chi connectivity index (χ2v) is 9.51. The van der Waals surface area contributed by atoms with E-state index in [4.69, 9.17) is 11.6 Å². The number of carboxylic acid groups (broad SMARTS) is 1. The van der Waals surface area contributed by atoms with Crippen LogP contribution in [0.15, 0.2) is 66.7 Å². The lowest BCUT2D eigenvalue weighted by atomic mass is 9.96. The molecule has 0 saturated carbocycles. The maximum Gasteiger partial charge on any atom is 0.573 e. The van der Waals surface area contributed by atoms with Crippen LogP contribution in [0.1, 0.15) is 46.1 Å². The third-order valence-electron chi connectivity index (χ3n) is 6.52. The van der Waals surface area contributed by atoms with E-state index in [0.717, 1.165) is 11.1 Å². The Morgan fingerprint density at radius 1 is 1.03 bits per heavy atom. The minimum atomic E-state index is -4.86. The predicted octanol–water partition coefficient (Wildman–Crippen LogP) is 7.43. The van der Waals surface area contributed by atoms with Crippen LogP contribution in [0, 0.1) is 12.8 Å². The molecule has 0 fully saturated rings. The Balaban J connectivity index is 1.80. The fourth-order valence-corrected chi connectivity index (χ4v) is 4.74. The van der Waals surface area contributed by atoms with Crippen LogP contribution >= 0.6 is 11.6 Å². The Morgan fingerprint density at radius 2 is 1.71 bits per heavy atom. The maximum absolute atomic E-state index is 13.5. The number of fused-ring (bicyclic) bond motifs is 1. The van der Waals surface area contributed by atoms with Gasteiger partial charge in [-0.15, -0.1) is 13.2 Å². The van der Waals surface area contributed by atoms with E-state index >= 15 is 0 Å². The van der Waals surface area contributed by atoms with E-state index in [1.54, 1.807) is 35.8 Å². The summed E-state index contributed by atoms with van der Waals surface area (Å²) in [5.41, 5.74) is 3.40. The molecular weight excluding hydrogens is 519 g/mol.